The van der Waals surface area contributed by atoms with Crippen LogP contribution in [0.15, 0.2) is 71.6 Å². The van der Waals surface area contributed by atoms with E-state index in [1.165, 1.54) is 24.3 Å². The van der Waals surface area contributed by atoms with Crippen LogP contribution >= 0.6 is 0 Å². The minimum absolute atomic E-state index is 0.0731. The molecule has 220 valence electrons. The molecule has 41 heavy (non-hydrogen) atoms. The zero-order valence-electron chi connectivity index (χ0n) is 23.6. The normalized spacial score (nSPS) is 18.2. The second-order valence-corrected chi connectivity index (χ2v) is 12.1. The Labute approximate surface area is 240 Å². The van der Waals surface area contributed by atoms with E-state index in [2.05, 4.69) is 9.62 Å². The van der Waals surface area contributed by atoms with Crippen molar-refractivity contribution in [3.8, 4) is 11.5 Å². The first-order chi connectivity index (χ1) is 19.5. The number of aliphatic hydroxyl groups is 1. The molecule has 3 atom stereocenters. The van der Waals surface area contributed by atoms with Crippen LogP contribution in [0.1, 0.15) is 29.8 Å². The molecule has 0 unspecified atom stereocenters. The molecule has 0 spiro atoms. The lowest BCUT2D eigenvalue weighted by atomic mass is 9.99. The molecule has 1 aliphatic rings. The fraction of sp³-hybridized carbons (Fsp3) is 0.367. The predicted octanol–water partition coefficient (Wildman–Crippen LogP) is 3.99. The lowest BCUT2D eigenvalue weighted by molar-refractivity contribution is 0.0341. The topological polar surface area (TPSA) is 108 Å². The van der Waals surface area contributed by atoms with Crippen molar-refractivity contribution in [1.29, 1.82) is 0 Å². The predicted molar refractivity (Wildman–Crippen MR) is 154 cm³/mol. The number of carbonyl (C=O) groups is 1. The number of hydrogen-bond acceptors (Lipinski definition) is 7. The number of methoxy groups -OCH3 is 1. The van der Waals surface area contributed by atoms with Crippen LogP contribution in [0.25, 0.3) is 0 Å². The highest BCUT2D eigenvalue weighted by Crippen LogP contribution is 2.31. The molecular weight excluding hydrogens is 549 g/mol. The Morgan fingerprint density at radius 2 is 1.83 bits per heavy atom. The summed E-state index contributed by atoms with van der Waals surface area (Å²) < 4.78 is 53.2. The van der Waals surface area contributed by atoms with Crippen molar-refractivity contribution >= 4 is 21.6 Å². The van der Waals surface area contributed by atoms with Gasteiger partial charge in [0.15, 0.2) is 0 Å². The Hall–Kier alpha value is -3.67. The lowest BCUT2D eigenvalue weighted by Gasteiger charge is -2.38. The van der Waals surface area contributed by atoms with Gasteiger partial charge in [-0.05, 0) is 74.1 Å². The highest BCUT2D eigenvalue weighted by atomic mass is 32.2. The molecule has 0 aromatic heterocycles. The van der Waals surface area contributed by atoms with Gasteiger partial charge in [0, 0.05) is 31.2 Å². The Kier molecular flexibility index (Phi) is 9.52. The number of halogens is 1. The fourth-order valence-electron chi connectivity index (χ4n) is 4.75. The number of anilines is 1. The third-order valence-corrected chi connectivity index (χ3v) is 8.54. The molecule has 3 aromatic carbocycles. The number of ether oxygens (including phenoxy) is 2. The molecular formula is C30H36FN3O6S. The van der Waals surface area contributed by atoms with Crippen LogP contribution in [-0.2, 0) is 16.6 Å². The zero-order chi connectivity index (χ0) is 29.7. The SMILES string of the molecule is COc1ccc(CN(C)C[C@@H]2Oc3ccc(NS(=O)(=O)c4ccc(F)cc4)cc3C(=O)N([C@@H](C)CO)C[C@@H]2C)cc1. The second-order valence-electron chi connectivity index (χ2n) is 10.4. The van der Waals surface area contributed by atoms with Crippen molar-refractivity contribution in [2.24, 2.45) is 5.92 Å². The van der Waals surface area contributed by atoms with Gasteiger partial charge in [-0.15, -0.1) is 0 Å². The van der Waals surface area contributed by atoms with Crippen molar-refractivity contribution in [2.45, 2.75) is 37.4 Å². The van der Waals surface area contributed by atoms with E-state index < -0.39 is 21.9 Å². The smallest absolute Gasteiger partial charge is 0.261 e. The van der Waals surface area contributed by atoms with Crippen molar-refractivity contribution in [2.75, 3.05) is 38.6 Å². The van der Waals surface area contributed by atoms with Crippen molar-refractivity contribution in [1.82, 2.24) is 9.80 Å². The minimum atomic E-state index is -4.03. The van der Waals surface area contributed by atoms with E-state index in [-0.39, 0.29) is 40.7 Å². The van der Waals surface area contributed by atoms with E-state index >= 15 is 0 Å². The molecule has 0 radical (unpaired) electrons. The summed E-state index contributed by atoms with van der Waals surface area (Å²) in [5.74, 6) is 0.109. The molecule has 1 amide bonds. The zero-order valence-corrected chi connectivity index (χ0v) is 24.4. The van der Waals surface area contributed by atoms with Gasteiger partial charge in [0.05, 0.1) is 30.2 Å². The second kappa shape index (κ2) is 12.9. The quantitative estimate of drug-likeness (QED) is 0.371. The van der Waals surface area contributed by atoms with Crippen LogP contribution in [0.3, 0.4) is 0 Å². The van der Waals surface area contributed by atoms with Gasteiger partial charge in [0.2, 0.25) is 0 Å². The summed E-state index contributed by atoms with van der Waals surface area (Å²) in [6.07, 6.45) is -0.305. The largest absolute Gasteiger partial charge is 0.497 e. The first-order valence-electron chi connectivity index (χ1n) is 13.3. The highest BCUT2D eigenvalue weighted by Gasteiger charge is 2.33. The first-order valence-corrected chi connectivity index (χ1v) is 14.8. The van der Waals surface area contributed by atoms with Crippen LogP contribution in [0, 0.1) is 11.7 Å². The third-order valence-electron chi connectivity index (χ3n) is 7.14. The number of fused-ring (bicyclic) bond motifs is 1. The molecule has 2 N–H and O–H groups in total. The minimum Gasteiger partial charge on any atom is -0.497 e. The molecule has 0 aliphatic carbocycles. The van der Waals surface area contributed by atoms with E-state index in [1.807, 2.05) is 38.2 Å². The summed E-state index contributed by atoms with van der Waals surface area (Å²) in [5.41, 5.74) is 1.44. The van der Waals surface area contributed by atoms with Crippen LogP contribution in [0.5, 0.6) is 11.5 Å². The molecule has 11 heteroatoms. The summed E-state index contributed by atoms with van der Waals surface area (Å²) in [5, 5.41) is 9.91. The number of likely N-dealkylation sites (N-methyl/N-ethyl adjacent to an activating group) is 1. The van der Waals surface area contributed by atoms with Gasteiger partial charge < -0.3 is 19.5 Å². The number of sulfonamides is 1. The number of nitrogens with one attached hydrogen (secondary N) is 1. The van der Waals surface area contributed by atoms with E-state index in [0.717, 1.165) is 23.4 Å². The van der Waals surface area contributed by atoms with E-state index in [0.29, 0.717) is 25.4 Å². The Bertz CT molecular complexity index is 1450. The van der Waals surface area contributed by atoms with Crippen LogP contribution < -0.4 is 14.2 Å². The Morgan fingerprint density at radius 3 is 2.46 bits per heavy atom. The lowest BCUT2D eigenvalue weighted by Crippen LogP contribution is -2.49. The van der Waals surface area contributed by atoms with Crippen molar-refractivity contribution in [3.63, 3.8) is 0 Å². The number of carbonyl (C=O) groups excluding carboxylic acids is 1. The molecule has 4 rings (SSSR count). The number of aliphatic hydroxyl groups excluding tert-OH is 1. The van der Waals surface area contributed by atoms with Gasteiger partial charge in [-0.2, -0.15) is 0 Å². The number of hydrogen-bond donors (Lipinski definition) is 2. The number of benzene rings is 3. The summed E-state index contributed by atoms with van der Waals surface area (Å²) in [6, 6.07) is 16.4. The van der Waals surface area contributed by atoms with Gasteiger partial charge in [-0.1, -0.05) is 19.1 Å². The maximum absolute atomic E-state index is 13.7. The molecule has 1 aliphatic heterocycles. The van der Waals surface area contributed by atoms with Crippen molar-refractivity contribution < 1.29 is 32.2 Å². The molecule has 9 nitrogen and oxygen atoms in total. The summed E-state index contributed by atoms with van der Waals surface area (Å²) in [4.78, 5) is 17.3. The van der Waals surface area contributed by atoms with Crippen LogP contribution in [0.4, 0.5) is 10.1 Å². The maximum Gasteiger partial charge on any atom is 0.261 e. The van der Waals surface area contributed by atoms with Crippen molar-refractivity contribution in [3.05, 3.63) is 83.7 Å². The van der Waals surface area contributed by atoms with Crippen LogP contribution in [-0.4, -0.2) is 75.2 Å². The summed E-state index contributed by atoms with van der Waals surface area (Å²) in [6.45, 7) is 5.11. The monoisotopic (exact) mass is 585 g/mol. The molecule has 0 bridgehead atoms. The standard InChI is InChI=1S/C30H36FN3O6S/c1-20-16-34(21(2)19-35)30(36)27-15-24(32-41(37,38)26-12-7-23(31)8-13-26)9-14-28(27)40-29(20)18-33(3)17-22-5-10-25(39-4)11-6-22/h5-15,20-21,29,32,35H,16-19H2,1-4H3/t20-,21-,29-/m0/s1. The third kappa shape index (κ3) is 7.35. The van der Waals surface area contributed by atoms with Gasteiger partial charge in [-0.25, -0.2) is 12.8 Å². The number of amides is 1. The average molecular weight is 586 g/mol. The average Bonchev–Trinajstić information content (AvgIpc) is 2.95. The molecule has 3 aromatic rings. The fourth-order valence-corrected chi connectivity index (χ4v) is 5.80. The van der Waals surface area contributed by atoms with E-state index in [9.17, 15) is 22.7 Å². The summed E-state index contributed by atoms with van der Waals surface area (Å²) in [7, 11) is -0.412. The van der Waals surface area contributed by atoms with Crippen LogP contribution in [0.2, 0.25) is 0 Å². The number of rotatable bonds is 10. The van der Waals surface area contributed by atoms with E-state index in [1.54, 1.807) is 25.0 Å². The summed E-state index contributed by atoms with van der Waals surface area (Å²) >= 11 is 0. The molecule has 0 fully saturated rings. The maximum atomic E-state index is 13.7. The Balaban J connectivity index is 1.61. The van der Waals surface area contributed by atoms with Gasteiger partial charge in [0.1, 0.15) is 23.4 Å². The molecule has 0 saturated heterocycles. The van der Waals surface area contributed by atoms with E-state index in [4.69, 9.17) is 9.47 Å². The number of nitrogens with zero attached hydrogens (tertiary/aromatic N) is 2. The molecule has 0 saturated carbocycles. The molecule has 1 heterocycles. The van der Waals surface area contributed by atoms with Gasteiger partial charge in [0.25, 0.3) is 15.9 Å². The first kappa shape index (κ1) is 30.3. The van der Waals surface area contributed by atoms with Gasteiger partial charge in [-0.3, -0.25) is 14.4 Å². The highest BCUT2D eigenvalue weighted by molar-refractivity contribution is 7.92. The van der Waals surface area contributed by atoms with Gasteiger partial charge >= 0.3 is 0 Å². The Morgan fingerprint density at radius 1 is 1.15 bits per heavy atom.